The van der Waals surface area contributed by atoms with Crippen LogP contribution in [0, 0.1) is 0 Å². The highest BCUT2D eigenvalue weighted by atomic mass is 16.7. The third-order valence-corrected chi connectivity index (χ3v) is 3.00. The summed E-state index contributed by atoms with van der Waals surface area (Å²) in [7, 11) is 5.37. The third kappa shape index (κ3) is 1.31. The summed E-state index contributed by atoms with van der Waals surface area (Å²) in [6, 6.07) is 0.0313. The maximum absolute atomic E-state index is 5.91. The molecule has 0 aliphatic carbocycles. The zero-order valence-corrected chi connectivity index (χ0v) is 8.86. The topological polar surface area (TPSA) is 36.9 Å². The molecular formula is C9H16BO4. The van der Waals surface area contributed by atoms with Crippen LogP contribution in [-0.2, 0) is 18.9 Å². The van der Waals surface area contributed by atoms with Crippen LogP contribution in [0.5, 0.6) is 0 Å². The number of ether oxygens (including phenoxy) is 4. The number of rotatable bonds is 4. The van der Waals surface area contributed by atoms with Crippen LogP contribution in [-0.4, -0.2) is 58.5 Å². The Morgan fingerprint density at radius 3 is 2.86 bits per heavy atom. The quantitative estimate of drug-likeness (QED) is 0.592. The average molecular weight is 199 g/mol. The second-order valence-corrected chi connectivity index (χ2v) is 3.85. The highest BCUT2D eigenvalue weighted by Crippen LogP contribution is 2.41. The average Bonchev–Trinajstić information content (AvgIpc) is 2.69. The zero-order chi connectivity index (χ0) is 10.2. The SMILES string of the molecule is C[B]C1OC2(COC)COC1[C@H]2OC. The molecule has 79 valence electrons. The second kappa shape index (κ2) is 3.81. The fourth-order valence-electron chi connectivity index (χ4n) is 2.42. The van der Waals surface area contributed by atoms with Gasteiger partial charge in [0.2, 0.25) is 0 Å². The monoisotopic (exact) mass is 199 g/mol. The minimum Gasteiger partial charge on any atom is -0.381 e. The molecule has 1 radical (unpaired) electrons. The molecule has 2 aliphatic heterocycles. The van der Waals surface area contributed by atoms with Crippen molar-refractivity contribution in [1.29, 1.82) is 0 Å². The molecule has 4 atom stereocenters. The predicted octanol–water partition coefficient (Wildman–Crippen LogP) is -0.106. The van der Waals surface area contributed by atoms with E-state index >= 15 is 0 Å². The molecule has 0 amide bonds. The molecule has 2 bridgehead atoms. The summed E-state index contributed by atoms with van der Waals surface area (Å²) in [6.07, 6.45) is 0.0174. The van der Waals surface area contributed by atoms with Crippen LogP contribution in [0.3, 0.4) is 0 Å². The minimum absolute atomic E-state index is 0.0105. The van der Waals surface area contributed by atoms with E-state index in [1.54, 1.807) is 14.2 Å². The molecule has 2 fully saturated rings. The van der Waals surface area contributed by atoms with Crippen LogP contribution in [0.15, 0.2) is 0 Å². The van der Waals surface area contributed by atoms with Gasteiger partial charge in [-0.15, -0.1) is 0 Å². The summed E-state index contributed by atoms with van der Waals surface area (Å²) in [5.74, 6) is 0. The smallest absolute Gasteiger partial charge is 0.149 e. The Labute approximate surface area is 85.1 Å². The Morgan fingerprint density at radius 2 is 2.29 bits per heavy atom. The Hall–Kier alpha value is -0.0951. The van der Waals surface area contributed by atoms with E-state index in [9.17, 15) is 0 Å². The first-order valence-electron chi connectivity index (χ1n) is 4.88. The zero-order valence-electron chi connectivity index (χ0n) is 8.86. The second-order valence-electron chi connectivity index (χ2n) is 3.85. The van der Waals surface area contributed by atoms with Crippen molar-refractivity contribution in [3.63, 3.8) is 0 Å². The highest BCUT2D eigenvalue weighted by molar-refractivity contribution is 6.35. The van der Waals surface area contributed by atoms with Gasteiger partial charge in [0.1, 0.15) is 25.1 Å². The molecule has 0 aromatic carbocycles. The van der Waals surface area contributed by atoms with Crippen LogP contribution in [0.2, 0.25) is 6.82 Å². The Kier molecular flexibility index (Phi) is 2.84. The van der Waals surface area contributed by atoms with Gasteiger partial charge in [-0.1, -0.05) is 6.82 Å². The van der Waals surface area contributed by atoms with Crippen LogP contribution in [0.25, 0.3) is 0 Å². The van der Waals surface area contributed by atoms with Crippen LogP contribution >= 0.6 is 0 Å². The van der Waals surface area contributed by atoms with E-state index in [2.05, 4.69) is 0 Å². The maximum atomic E-state index is 5.91. The van der Waals surface area contributed by atoms with Gasteiger partial charge < -0.3 is 18.9 Å². The summed E-state index contributed by atoms with van der Waals surface area (Å²) in [6.45, 7) is 3.06. The Bertz CT molecular complexity index is 213. The predicted molar refractivity (Wildman–Crippen MR) is 51.6 cm³/mol. The lowest BCUT2D eigenvalue weighted by Crippen LogP contribution is -2.46. The van der Waals surface area contributed by atoms with Crippen molar-refractivity contribution < 1.29 is 18.9 Å². The lowest BCUT2D eigenvalue weighted by atomic mass is 9.72. The van der Waals surface area contributed by atoms with Crippen LogP contribution in [0.4, 0.5) is 0 Å². The molecule has 0 N–H and O–H groups in total. The molecule has 2 heterocycles. The van der Waals surface area contributed by atoms with E-state index in [0.717, 1.165) is 0 Å². The largest absolute Gasteiger partial charge is 0.381 e. The minimum atomic E-state index is -0.397. The lowest BCUT2D eigenvalue weighted by molar-refractivity contribution is -0.144. The number of hydrogen-bond donors (Lipinski definition) is 0. The van der Waals surface area contributed by atoms with Gasteiger partial charge in [0, 0.05) is 14.2 Å². The van der Waals surface area contributed by atoms with Gasteiger partial charge in [0.15, 0.2) is 0 Å². The lowest BCUT2D eigenvalue weighted by Gasteiger charge is -2.30. The summed E-state index contributed by atoms with van der Waals surface area (Å²) < 4.78 is 22.2. The van der Waals surface area contributed by atoms with Gasteiger partial charge >= 0.3 is 0 Å². The van der Waals surface area contributed by atoms with Crippen molar-refractivity contribution in [2.24, 2.45) is 0 Å². The molecule has 0 aromatic rings. The molecule has 2 saturated heterocycles. The molecule has 3 unspecified atom stereocenters. The van der Waals surface area contributed by atoms with E-state index in [1.807, 2.05) is 14.1 Å². The normalized spacial score (nSPS) is 45.8. The number of methoxy groups -OCH3 is 2. The standard InChI is InChI=1S/C9H16BO4/c1-10-8-6-7(12-3)9(14-8,4-11-2)5-13-6/h6-8H,4-5H2,1-3H3/t6?,7-,8?,9?/m1/s1. The van der Waals surface area contributed by atoms with Gasteiger partial charge in [0.25, 0.3) is 0 Å². The molecule has 5 heteroatoms. The molecule has 14 heavy (non-hydrogen) atoms. The summed E-state index contributed by atoms with van der Waals surface area (Å²) in [5.41, 5.74) is -0.397. The summed E-state index contributed by atoms with van der Waals surface area (Å²) in [5, 5.41) is 0. The Morgan fingerprint density at radius 1 is 1.50 bits per heavy atom. The molecule has 4 nitrogen and oxygen atoms in total. The first-order chi connectivity index (χ1) is 6.77. The third-order valence-electron chi connectivity index (χ3n) is 3.00. The van der Waals surface area contributed by atoms with Crippen molar-refractivity contribution in [3.05, 3.63) is 0 Å². The van der Waals surface area contributed by atoms with E-state index in [4.69, 9.17) is 18.9 Å². The van der Waals surface area contributed by atoms with E-state index < -0.39 is 5.60 Å². The highest BCUT2D eigenvalue weighted by Gasteiger charge is 2.61. The fraction of sp³-hybridized carbons (Fsp3) is 1.00. The number of fused-ring (bicyclic) bond motifs is 2. The van der Waals surface area contributed by atoms with E-state index in [0.29, 0.717) is 13.2 Å². The van der Waals surface area contributed by atoms with Gasteiger partial charge in [-0.25, -0.2) is 0 Å². The van der Waals surface area contributed by atoms with Gasteiger partial charge in [0.05, 0.1) is 19.2 Å². The van der Waals surface area contributed by atoms with E-state index in [-0.39, 0.29) is 18.2 Å². The summed E-state index contributed by atoms with van der Waals surface area (Å²) in [4.78, 5) is 0. The van der Waals surface area contributed by atoms with Gasteiger partial charge in [-0.05, 0) is 0 Å². The van der Waals surface area contributed by atoms with Crippen molar-refractivity contribution in [2.45, 2.75) is 30.6 Å². The fourth-order valence-corrected chi connectivity index (χ4v) is 2.42. The number of hydrogen-bond acceptors (Lipinski definition) is 4. The van der Waals surface area contributed by atoms with Gasteiger partial charge in [-0.3, -0.25) is 0 Å². The van der Waals surface area contributed by atoms with Crippen molar-refractivity contribution in [2.75, 3.05) is 27.4 Å². The molecule has 2 aliphatic rings. The first-order valence-corrected chi connectivity index (χ1v) is 4.88. The van der Waals surface area contributed by atoms with Crippen molar-refractivity contribution >= 4 is 7.28 Å². The molecular weight excluding hydrogens is 183 g/mol. The molecule has 0 aromatic heterocycles. The summed E-state index contributed by atoms with van der Waals surface area (Å²) >= 11 is 0. The van der Waals surface area contributed by atoms with Crippen molar-refractivity contribution in [1.82, 2.24) is 0 Å². The molecule has 0 spiro atoms. The Balaban J connectivity index is 2.15. The van der Waals surface area contributed by atoms with E-state index in [1.165, 1.54) is 0 Å². The van der Waals surface area contributed by atoms with Crippen LogP contribution < -0.4 is 0 Å². The van der Waals surface area contributed by atoms with Crippen LogP contribution in [0.1, 0.15) is 0 Å². The molecule has 2 rings (SSSR count). The van der Waals surface area contributed by atoms with Crippen molar-refractivity contribution in [3.8, 4) is 0 Å². The first kappa shape index (κ1) is 10.4. The maximum Gasteiger partial charge on any atom is 0.149 e. The molecule has 0 saturated carbocycles. The van der Waals surface area contributed by atoms with Gasteiger partial charge in [-0.2, -0.15) is 0 Å².